The highest BCUT2D eigenvalue weighted by Crippen LogP contribution is 1.99. The molecule has 0 aliphatic carbocycles. The Balaban J connectivity index is 4.05. The highest BCUT2D eigenvalue weighted by atomic mass is 16.3. The van der Waals surface area contributed by atoms with Crippen LogP contribution in [0.3, 0.4) is 0 Å². The first-order valence-corrected chi connectivity index (χ1v) is 4.00. The van der Waals surface area contributed by atoms with Gasteiger partial charge in [-0.25, -0.2) is 0 Å². The number of carbonyl (C=O) groups is 1. The molecule has 0 aromatic carbocycles. The van der Waals surface area contributed by atoms with Crippen molar-refractivity contribution >= 4 is 5.91 Å². The standard InChI is InChI=1S/C9H17NO2/c1-5-6-7(11)8(12)10-9(2,3)4/h5-7,11H,1-4H3,(H,10,12)/b6-5+. The van der Waals surface area contributed by atoms with Crippen molar-refractivity contribution in [1.82, 2.24) is 5.32 Å². The van der Waals surface area contributed by atoms with Crippen LogP contribution in [0.2, 0.25) is 0 Å². The highest BCUT2D eigenvalue weighted by Gasteiger charge is 2.17. The summed E-state index contributed by atoms with van der Waals surface area (Å²) in [5, 5.41) is 11.8. The van der Waals surface area contributed by atoms with Gasteiger partial charge >= 0.3 is 0 Å². The molecule has 3 heteroatoms. The number of aliphatic hydroxyl groups excluding tert-OH is 1. The molecular formula is C9H17NO2. The SMILES string of the molecule is C/C=C/C(O)C(=O)NC(C)(C)C. The molecule has 0 bridgehead atoms. The topological polar surface area (TPSA) is 49.3 Å². The lowest BCUT2D eigenvalue weighted by atomic mass is 10.1. The van der Waals surface area contributed by atoms with E-state index in [-0.39, 0.29) is 11.4 Å². The molecule has 0 aromatic heterocycles. The Hall–Kier alpha value is -0.830. The van der Waals surface area contributed by atoms with E-state index in [2.05, 4.69) is 5.32 Å². The van der Waals surface area contributed by atoms with Gasteiger partial charge in [-0.05, 0) is 27.7 Å². The Morgan fingerprint density at radius 3 is 2.33 bits per heavy atom. The lowest BCUT2D eigenvalue weighted by Crippen LogP contribution is -2.45. The van der Waals surface area contributed by atoms with E-state index in [1.807, 2.05) is 20.8 Å². The fourth-order valence-corrected chi connectivity index (χ4v) is 0.713. The fourth-order valence-electron chi connectivity index (χ4n) is 0.713. The molecule has 0 aromatic rings. The summed E-state index contributed by atoms with van der Waals surface area (Å²) in [6.07, 6.45) is 2.06. The van der Waals surface area contributed by atoms with Crippen molar-refractivity contribution in [1.29, 1.82) is 0 Å². The van der Waals surface area contributed by atoms with Gasteiger partial charge in [0.1, 0.15) is 0 Å². The number of hydrogen-bond acceptors (Lipinski definition) is 2. The molecule has 1 atom stereocenters. The molecule has 0 fully saturated rings. The van der Waals surface area contributed by atoms with Gasteiger partial charge in [0.15, 0.2) is 6.10 Å². The molecule has 0 aliphatic rings. The van der Waals surface area contributed by atoms with Crippen molar-refractivity contribution < 1.29 is 9.90 Å². The fraction of sp³-hybridized carbons (Fsp3) is 0.667. The molecule has 0 saturated heterocycles. The number of nitrogens with one attached hydrogen (secondary N) is 1. The molecule has 70 valence electrons. The van der Waals surface area contributed by atoms with E-state index in [0.717, 1.165) is 0 Å². The lowest BCUT2D eigenvalue weighted by molar-refractivity contribution is -0.128. The summed E-state index contributed by atoms with van der Waals surface area (Å²) in [6.45, 7) is 7.36. The summed E-state index contributed by atoms with van der Waals surface area (Å²) in [5.74, 6) is -0.361. The summed E-state index contributed by atoms with van der Waals surface area (Å²) in [5.41, 5.74) is -0.292. The molecule has 1 unspecified atom stereocenters. The first kappa shape index (κ1) is 11.2. The molecule has 0 heterocycles. The van der Waals surface area contributed by atoms with Crippen LogP contribution >= 0.6 is 0 Å². The number of amides is 1. The number of carbonyl (C=O) groups excluding carboxylic acids is 1. The normalized spacial score (nSPS) is 14.8. The Labute approximate surface area is 73.5 Å². The number of hydrogen-bond donors (Lipinski definition) is 2. The smallest absolute Gasteiger partial charge is 0.253 e. The molecule has 2 N–H and O–H groups in total. The number of aliphatic hydroxyl groups is 1. The van der Waals surface area contributed by atoms with E-state index in [1.165, 1.54) is 6.08 Å². The first-order chi connectivity index (χ1) is 5.37. The third-order valence-electron chi connectivity index (χ3n) is 1.14. The second kappa shape index (κ2) is 4.26. The minimum Gasteiger partial charge on any atom is -0.379 e. The third kappa shape index (κ3) is 4.91. The second-order valence-electron chi connectivity index (χ2n) is 3.71. The number of rotatable bonds is 2. The zero-order valence-electron chi connectivity index (χ0n) is 8.09. The van der Waals surface area contributed by atoms with Gasteiger partial charge in [0.2, 0.25) is 0 Å². The minimum absolute atomic E-state index is 0.292. The molecule has 0 radical (unpaired) electrons. The Kier molecular flexibility index (Phi) is 3.96. The Morgan fingerprint density at radius 1 is 1.50 bits per heavy atom. The van der Waals surface area contributed by atoms with Crippen LogP contribution in [0.4, 0.5) is 0 Å². The average Bonchev–Trinajstić information content (AvgIpc) is 1.84. The van der Waals surface area contributed by atoms with Crippen molar-refractivity contribution in [2.45, 2.75) is 39.3 Å². The van der Waals surface area contributed by atoms with E-state index < -0.39 is 6.10 Å². The minimum atomic E-state index is -1.03. The maximum absolute atomic E-state index is 11.1. The van der Waals surface area contributed by atoms with Crippen molar-refractivity contribution in [3.05, 3.63) is 12.2 Å². The van der Waals surface area contributed by atoms with Gasteiger partial charge in [0, 0.05) is 5.54 Å². The van der Waals surface area contributed by atoms with Crippen LogP contribution in [0.1, 0.15) is 27.7 Å². The zero-order chi connectivity index (χ0) is 9.78. The van der Waals surface area contributed by atoms with Crippen LogP contribution in [0, 0.1) is 0 Å². The summed E-state index contributed by atoms with van der Waals surface area (Å²) in [4.78, 5) is 11.1. The van der Waals surface area contributed by atoms with E-state index in [0.29, 0.717) is 0 Å². The summed E-state index contributed by atoms with van der Waals surface area (Å²) < 4.78 is 0. The van der Waals surface area contributed by atoms with Gasteiger partial charge < -0.3 is 10.4 Å². The van der Waals surface area contributed by atoms with Crippen molar-refractivity contribution in [3.8, 4) is 0 Å². The Morgan fingerprint density at radius 2 is 2.00 bits per heavy atom. The Bertz CT molecular complexity index is 179. The van der Waals surface area contributed by atoms with Gasteiger partial charge in [-0.15, -0.1) is 0 Å². The molecule has 0 aliphatic heterocycles. The monoisotopic (exact) mass is 171 g/mol. The summed E-state index contributed by atoms with van der Waals surface area (Å²) >= 11 is 0. The van der Waals surface area contributed by atoms with Gasteiger partial charge in [0.05, 0.1) is 0 Å². The van der Waals surface area contributed by atoms with E-state index in [4.69, 9.17) is 0 Å². The van der Waals surface area contributed by atoms with Crippen LogP contribution in [-0.4, -0.2) is 22.7 Å². The lowest BCUT2D eigenvalue weighted by Gasteiger charge is -2.21. The maximum Gasteiger partial charge on any atom is 0.253 e. The zero-order valence-corrected chi connectivity index (χ0v) is 8.09. The van der Waals surface area contributed by atoms with E-state index in [1.54, 1.807) is 13.0 Å². The second-order valence-corrected chi connectivity index (χ2v) is 3.71. The molecule has 0 rings (SSSR count). The first-order valence-electron chi connectivity index (χ1n) is 4.00. The van der Waals surface area contributed by atoms with E-state index >= 15 is 0 Å². The molecule has 3 nitrogen and oxygen atoms in total. The largest absolute Gasteiger partial charge is 0.379 e. The van der Waals surface area contributed by atoms with Gasteiger partial charge in [0.25, 0.3) is 5.91 Å². The quantitative estimate of drug-likeness (QED) is 0.605. The van der Waals surface area contributed by atoms with Gasteiger partial charge in [-0.2, -0.15) is 0 Å². The van der Waals surface area contributed by atoms with Gasteiger partial charge in [-0.3, -0.25) is 4.79 Å². The maximum atomic E-state index is 11.1. The van der Waals surface area contributed by atoms with Crippen LogP contribution in [-0.2, 0) is 4.79 Å². The molecule has 0 spiro atoms. The average molecular weight is 171 g/mol. The van der Waals surface area contributed by atoms with Crippen LogP contribution < -0.4 is 5.32 Å². The van der Waals surface area contributed by atoms with Crippen molar-refractivity contribution in [2.24, 2.45) is 0 Å². The molecule has 0 saturated carbocycles. The highest BCUT2D eigenvalue weighted by molar-refractivity contribution is 5.82. The predicted molar refractivity (Wildman–Crippen MR) is 48.7 cm³/mol. The summed E-state index contributed by atoms with van der Waals surface area (Å²) in [7, 11) is 0. The van der Waals surface area contributed by atoms with Crippen LogP contribution in [0.25, 0.3) is 0 Å². The van der Waals surface area contributed by atoms with Crippen molar-refractivity contribution in [2.75, 3.05) is 0 Å². The molecular weight excluding hydrogens is 154 g/mol. The van der Waals surface area contributed by atoms with Gasteiger partial charge in [-0.1, -0.05) is 12.2 Å². The van der Waals surface area contributed by atoms with Crippen LogP contribution in [0.15, 0.2) is 12.2 Å². The molecule has 1 amide bonds. The number of allylic oxidation sites excluding steroid dienone is 1. The molecule has 12 heavy (non-hydrogen) atoms. The third-order valence-corrected chi connectivity index (χ3v) is 1.14. The summed E-state index contributed by atoms with van der Waals surface area (Å²) in [6, 6.07) is 0. The van der Waals surface area contributed by atoms with Crippen molar-refractivity contribution in [3.63, 3.8) is 0 Å². The predicted octanol–water partition coefficient (Wildman–Crippen LogP) is 0.838. The van der Waals surface area contributed by atoms with E-state index in [9.17, 15) is 9.90 Å². The van der Waals surface area contributed by atoms with Crippen LogP contribution in [0.5, 0.6) is 0 Å².